The largest absolute Gasteiger partial charge is 0.423 e. The van der Waals surface area contributed by atoms with Crippen molar-refractivity contribution < 1.29 is 9.53 Å². The van der Waals surface area contributed by atoms with Gasteiger partial charge in [0.05, 0.1) is 0 Å². The first kappa shape index (κ1) is 24.8. The summed E-state index contributed by atoms with van der Waals surface area (Å²) in [5.41, 5.74) is 4.99. The Morgan fingerprint density at radius 2 is 1.38 bits per heavy atom. The van der Waals surface area contributed by atoms with Gasteiger partial charge < -0.3 is 4.74 Å². The molecule has 0 N–H and O–H groups in total. The Hall–Kier alpha value is -2.35. The Balaban J connectivity index is 1.34. The minimum atomic E-state index is -0.304. The predicted molar refractivity (Wildman–Crippen MR) is 142 cm³/mol. The van der Waals surface area contributed by atoms with Crippen LogP contribution in [0, 0.1) is 5.41 Å². The van der Waals surface area contributed by atoms with Crippen LogP contribution in [0.5, 0.6) is 5.75 Å². The molecule has 0 heterocycles. The van der Waals surface area contributed by atoms with Crippen molar-refractivity contribution in [3.8, 4) is 16.9 Å². The molecule has 3 fully saturated rings. The Bertz CT molecular complexity index is 927. The highest BCUT2D eigenvalue weighted by molar-refractivity contribution is 5.84. The van der Waals surface area contributed by atoms with Crippen LogP contribution in [0.2, 0.25) is 0 Å². The van der Waals surface area contributed by atoms with Crippen molar-refractivity contribution in [3.63, 3.8) is 0 Å². The molecule has 3 aliphatic rings. The van der Waals surface area contributed by atoms with E-state index in [2.05, 4.69) is 38.1 Å². The first-order valence-corrected chi connectivity index (χ1v) is 13.7. The van der Waals surface area contributed by atoms with Crippen molar-refractivity contribution in [2.75, 3.05) is 0 Å². The number of rotatable bonds is 11. The Labute approximate surface area is 206 Å². The summed E-state index contributed by atoms with van der Waals surface area (Å²) in [7, 11) is 0. The fourth-order valence-electron chi connectivity index (χ4n) is 6.20. The second-order valence-corrected chi connectivity index (χ2v) is 10.8. The zero-order valence-corrected chi connectivity index (χ0v) is 21.3. The van der Waals surface area contributed by atoms with Crippen LogP contribution in [-0.4, -0.2) is 5.97 Å². The fourth-order valence-corrected chi connectivity index (χ4v) is 6.20. The maximum atomic E-state index is 12.0. The minimum absolute atomic E-state index is 0.304. The van der Waals surface area contributed by atoms with Crippen LogP contribution in [0.3, 0.4) is 0 Å². The van der Waals surface area contributed by atoms with Crippen molar-refractivity contribution >= 4 is 5.97 Å². The maximum Gasteiger partial charge on any atom is 0.335 e. The lowest BCUT2D eigenvalue weighted by Crippen LogP contribution is -2.44. The molecule has 0 aliphatic heterocycles. The highest BCUT2D eigenvalue weighted by Gasteiger charge is 2.48. The number of unbranched alkanes of at least 4 members (excludes halogenated alkanes) is 4. The second-order valence-electron chi connectivity index (χ2n) is 10.8. The molecule has 0 atom stereocenters. The molecule has 2 aromatic rings. The topological polar surface area (TPSA) is 26.3 Å². The summed E-state index contributed by atoms with van der Waals surface area (Å²) in [6.07, 6.45) is 20.5. The van der Waals surface area contributed by atoms with Crippen LogP contribution in [0.15, 0.2) is 60.7 Å². The van der Waals surface area contributed by atoms with Gasteiger partial charge >= 0.3 is 5.97 Å². The zero-order valence-electron chi connectivity index (χ0n) is 21.3. The van der Waals surface area contributed by atoms with Gasteiger partial charge in [0.2, 0.25) is 0 Å². The summed E-state index contributed by atoms with van der Waals surface area (Å²) in [6.45, 7) is 4.45. The molecule has 0 radical (unpaired) electrons. The van der Waals surface area contributed by atoms with E-state index in [1.807, 2.05) is 30.3 Å². The molecule has 5 rings (SSSR count). The molecule has 2 aromatic carbocycles. The van der Waals surface area contributed by atoms with E-state index in [-0.39, 0.29) is 5.97 Å². The van der Waals surface area contributed by atoms with Gasteiger partial charge in [-0.25, -0.2) is 4.79 Å². The van der Waals surface area contributed by atoms with Crippen LogP contribution in [0.4, 0.5) is 0 Å². The highest BCUT2D eigenvalue weighted by Crippen LogP contribution is 2.59. The molecule has 3 aliphatic carbocycles. The molecule has 3 saturated carbocycles. The lowest BCUT2D eigenvalue weighted by Gasteiger charge is -2.54. The first-order valence-electron chi connectivity index (χ1n) is 13.7. The molecule has 2 bridgehead atoms. The molecule has 34 heavy (non-hydrogen) atoms. The molecular weight excluding hydrogens is 416 g/mol. The number of carbonyl (C=O) groups excluding carboxylic acids is 1. The van der Waals surface area contributed by atoms with Gasteiger partial charge in [0.25, 0.3) is 0 Å². The van der Waals surface area contributed by atoms with Crippen molar-refractivity contribution in [1.29, 1.82) is 0 Å². The van der Waals surface area contributed by atoms with Crippen LogP contribution in [0.25, 0.3) is 11.1 Å². The van der Waals surface area contributed by atoms with Crippen LogP contribution in [-0.2, 0) is 10.2 Å². The van der Waals surface area contributed by atoms with Gasteiger partial charge in [-0.05, 0) is 91.0 Å². The summed E-state index contributed by atoms with van der Waals surface area (Å²) in [5.74, 6) is 0.290. The number of hydrogen-bond acceptors (Lipinski definition) is 2. The van der Waals surface area contributed by atoms with Crippen LogP contribution >= 0.6 is 0 Å². The highest BCUT2D eigenvalue weighted by atomic mass is 16.5. The lowest BCUT2D eigenvalue weighted by molar-refractivity contribution is -0.129. The number of benzene rings is 2. The molecule has 182 valence electrons. The lowest BCUT2D eigenvalue weighted by atomic mass is 9.51. The van der Waals surface area contributed by atoms with Gasteiger partial charge in [0, 0.05) is 6.08 Å². The second kappa shape index (κ2) is 11.4. The van der Waals surface area contributed by atoms with Gasteiger partial charge in [-0.2, -0.15) is 0 Å². The van der Waals surface area contributed by atoms with Gasteiger partial charge in [0.1, 0.15) is 5.75 Å². The van der Waals surface area contributed by atoms with E-state index in [1.54, 1.807) is 5.56 Å². The van der Waals surface area contributed by atoms with E-state index in [9.17, 15) is 4.79 Å². The smallest absolute Gasteiger partial charge is 0.335 e. The average Bonchev–Trinajstić information content (AvgIpc) is 2.88. The van der Waals surface area contributed by atoms with Gasteiger partial charge in [-0.15, -0.1) is 0 Å². The van der Waals surface area contributed by atoms with Crippen molar-refractivity contribution in [3.05, 3.63) is 66.2 Å². The fraction of sp³-hybridized carbons (Fsp3) is 0.531. The molecule has 0 unspecified atom stereocenters. The number of ether oxygens (including phenoxy) is 1. The van der Waals surface area contributed by atoms with Crippen molar-refractivity contribution in [1.82, 2.24) is 0 Å². The molecule has 0 amide bonds. The number of esters is 1. The molecular formula is C32H42O2. The van der Waals surface area contributed by atoms with Crippen molar-refractivity contribution in [2.24, 2.45) is 5.41 Å². The molecule has 2 nitrogen and oxygen atoms in total. The SMILES string of the molecule is CCCCC=CC(=O)Oc1ccc(-c2ccc(C34CCC(CCCCC)(CC3)CC4)cc2)cc1. The van der Waals surface area contributed by atoms with E-state index in [4.69, 9.17) is 4.74 Å². The average molecular weight is 459 g/mol. The van der Waals surface area contributed by atoms with Crippen molar-refractivity contribution in [2.45, 2.75) is 103 Å². The molecule has 0 spiro atoms. The third-order valence-electron chi connectivity index (χ3n) is 8.59. The third kappa shape index (κ3) is 5.82. The number of carbonyl (C=O) groups is 1. The number of allylic oxidation sites excluding steroid dienone is 1. The Kier molecular flexibility index (Phi) is 8.29. The monoisotopic (exact) mass is 458 g/mol. The first-order chi connectivity index (χ1) is 16.6. The van der Waals surface area contributed by atoms with E-state index in [0.29, 0.717) is 16.6 Å². The van der Waals surface area contributed by atoms with E-state index >= 15 is 0 Å². The summed E-state index contributed by atoms with van der Waals surface area (Å²) in [5, 5.41) is 0. The summed E-state index contributed by atoms with van der Waals surface area (Å²) < 4.78 is 5.43. The quantitative estimate of drug-likeness (QED) is 0.145. The predicted octanol–water partition coefficient (Wildman–Crippen LogP) is 9.18. The summed E-state index contributed by atoms with van der Waals surface area (Å²) >= 11 is 0. The van der Waals surface area contributed by atoms with Crippen LogP contribution in [0.1, 0.15) is 103 Å². The standard InChI is InChI=1S/C32H42O2/c1-3-5-7-8-10-30(33)34-29-17-13-27(14-18-29)26-11-15-28(16-12-26)32-23-20-31(21-24-32,22-25-32)19-9-6-4-2/h8,10-18H,3-7,9,19-25H2,1-2H3. The number of fused-ring (bicyclic) bond motifs is 3. The summed E-state index contributed by atoms with van der Waals surface area (Å²) in [4.78, 5) is 12.0. The van der Waals surface area contributed by atoms with Gasteiger partial charge in [-0.3, -0.25) is 0 Å². The number of hydrogen-bond donors (Lipinski definition) is 0. The minimum Gasteiger partial charge on any atom is -0.423 e. The summed E-state index contributed by atoms with van der Waals surface area (Å²) in [6, 6.07) is 17.2. The Morgan fingerprint density at radius 3 is 1.97 bits per heavy atom. The zero-order chi connectivity index (χ0) is 23.9. The normalized spacial score (nSPS) is 23.9. The molecule has 0 saturated heterocycles. The van der Waals surface area contributed by atoms with E-state index in [0.717, 1.165) is 24.8 Å². The Morgan fingerprint density at radius 1 is 0.794 bits per heavy atom. The molecule has 0 aromatic heterocycles. The van der Waals surface area contributed by atoms with Crippen LogP contribution < -0.4 is 4.74 Å². The van der Waals surface area contributed by atoms with Gasteiger partial charge in [0.15, 0.2) is 0 Å². The maximum absolute atomic E-state index is 12.0. The van der Waals surface area contributed by atoms with E-state index < -0.39 is 0 Å². The van der Waals surface area contributed by atoms with E-state index in [1.165, 1.54) is 75.8 Å². The van der Waals surface area contributed by atoms with Gasteiger partial charge in [-0.1, -0.05) is 88.4 Å². The third-order valence-corrected chi connectivity index (χ3v) is 8.59. The molecule has 2 heteroatoms.